The number of carbonyl (C=O) groups excluding carboxylic acids is 2. The summed E-state index contributed by atoms with van der Waals surface area (Å²) in [5.74, 6) is -1.20. The van der Waals surface area contributed by atoms with Crippen molar-refractivity contribution in [3.05, 3.63) is 48.3 Å². The SMILES string of the molecule is CCN(CC(=O)Nc1cccc(OC)c1)CC(=O)Nc1ccc2nc(C(F)(F)F)[nH]c2c1. The molecule has 0 aliphatic rings. The number of methoxy groups -OCH3 is 1. The maximum atomic E-state index is 12.8. The molecule has 32 heavy (non-hydrogen) atoms. The van der Waals surface area contributed by atoms with E-state index in [0.717, 1.165) is 0 Å². The number of fused-ring (bicyclic) bond motifs is 1. The van der Waals surface area contributed by atoms with Crippen LogP contribution < -0.4 is 15.4 Å². The van der Waals surface area contributed by atoms with Crippen molar-refractivity contribution in [1.29, 1.82) is 0 Å². The highest BCUT2D eigenvalue weighted by Gasteiger charge is 2.34. The molecule has 11 heteroatoms. The van der Waals surface area contributed by atoms with Crippen LogP contribution in [0.3, 0.4) is 0 Å². The molecule has 0 saturated carbocycles. The first-order valence-corrected chi connectivity index (χ1v) is 9.71. The summed E-state index contributed by atoms with van der Waals surface area (Å²) >= 11 is 0. The Morgan fingerprint density at radius 3 is 2.31 bits per heavy atom. The minimum Gasteiger partial charge on any atom is -0.497 e. The smallest absolute Gasteiger partial charge is 0.449 e. The van der Waals surface area contributed by atoms with E-state index in [0.29, 0.717) is 23.7 Å². The molecule has 2 aromatic carbocycles. The highest BCUT2D eigenvalue weighted by Crippen LogP contribution is 2.29. The zero-order chi connectivity index (χ0) is 23.3. The average Bonchev–Trinajstić information content (AvgIpc) is 3.17. The fraction of sp³-hybridized carbons (Fsp3) is 0.286. The van der Waals surface area contributed by atoms with E-state index in [9.17, 15) is 22.8 Å². The summed E-state index contributed by atoms with van der Waals surface area (Å²) < 4.78 is 43.5. The average molecular weight is 449 g/mol. The van der Waals surface area contributed by atoms with E-state index in [4.69, 9.17) is 4.74 Å². The summed E-state index contributed by atoms with van der Waals surface area (Å²) in [6.45, 7) is 2.15. The number of nitrogens with zero attached hydrogens (tertiary/aromatic N) is 2. The summed E-state index contributed by atoms with van der Waals surface area (Å²) in [7, 11) is 1.53. The van der Waals surface area contributed by atoms with Crippen LogP contribution in [-0.2, 0) is 15.8 Å². The lowest BCUT2D eigenvalue weighted by atomic mass is 10.2. The number of imidazole rings is 1. The largest absolute Gasteiger partial charge is 0.497 e. The Kier molecular flexibility index (Phi) is 6.98. The Balaban J connectivity index is 1.58. The Morgan fingerprint density at radius 1 is 1.06 bits per heavy atom. The fourth-order valence-electron chi connectivity index (χ4n) is 3.01. The Labute approximate surface area is 181 Å². The number of anilines is 2. The van der Waals surface area contributed by atoms with Gasteiger partial charge in [0.25, 0.3) is 0 Å². The van der Waals surface area contributed by atoms with Gasteiger partial charge in [0.05, 0.1) is 31.2 Å². The van der Waals surface area contributed by atoms with Gasteiger partial charge in [0.2, 0.25) is 17.6 Å². The number of ether oxygens (including phenoxy) is 1. The van der Waals surface area contributed by atoms with Crippen LogP contribution >= 0.6 is 0 Å². The highest BCUT2D eigenvalue weighted by atomic mass is 19.4. The predicted molar refractivity (Wildman–Crippen MR) is 113 cm³/mol. The number of alkyl halides is 3. The van der Waals surface area contributed by atoms with Gasteiger partial charge in [-0.15, -0.1) is 0 Å². The first-order chi connectivity index (χ1) is 15.2. The number of likely N-dealkylation sites (N-methyl/N-ethyl adjacent to an activating group) is 1. The first-order valence-electron chi connectivity index (χ1n) is 9.71. The van der Waals surface area contributed by atoms with E-state index < -0.39 is 17.9 Å². The van der Waals surface area contributed by atoms with Gasteiger partial charge in [-0.2, -0.15) is 13.2 Å². The molecule has 8 nitrogen and oxygen atoms in total. The number of hydrogen-bond donors (Lipinski definition) is 3. The second-order valence-corrected chi connectivity index (χ2v) is 6.95. The number of H-pyrrole nitrogens is 1. The lowest BCUT2D eigenvalue weighted by Crippen LogP contribution is -2.38. The number of rotatable bonds is 8. The quantitative estimate of drug-likeness (QED) is 0.489. The Hall–Kier alpha value is -3.60. The van der Waals surface area contributed by atoms with Gasteiger partial charge in [-0.3, -0.25) is 14.5 Å². The van der Waals surface area contributed by atoms with Gasteiger partial charge in [0, 0.05) is 17.4 Å². The standard InChI is InChI=1S/C21H22F3N5O3/c1-3-29(11-18(30)25-13-5-4-6-15(9-13)32-2)12-19(31)26-14-7-8-16-17(10-14)28-20(27-16)21(22,23)24/h4-10H,3,11-12H2,1-2H3,(H,25,30)(H,26,31)(H,27,28). The molecule has 1 heterocycles. The van der Waals surface area contributed by atoms with Gasteiger partial charge in [0.15, 0.2) is 0 Å². The topological polar surface area (TPSA) is 99.3 Å². The number of halogens is 3. The number of hydrogen-bond acceptors (Lipinski definition) is 5. The van der Waals surface area contributed by atoms with Crippen molar-refractivity contribution in [2.45, 2.75) is 13.1 Å². The normalized spacial score (nSPS) is 11.6. The lowest BCUT2D eigenvalue weighted by Gasteiger charge is -2.19. The molecular weight excluding hydrogens is 427 g/mol. The van der Waals surface area contributed by atoms with Crippen molar-refractivity contribution in [3.8, 4) is 5.75 Å². The molecular formula is C21H22F3N5O3. The van der Waals surface area contributed by atoms with Crippen LogP contribution in [0.1, 0.15) is 12.7 Å². The predicted octanol–water partition coefficient (Wildman–Crippen LogP) is 3.49. The number of aromatic nitrogens is 2. The van der Waals surface area contributed by atoms with E-state index in [2.05, 4.69) is 20.6 Å². The van der Waals surface area contributed by atoms with E-state index in [1.165, 1.54) is 25.3 Å². The molecule has 0 aliphatic carbocycles. The van der Waals surface area contributed by atoms with Crippen LogP contribution in [0.25, 0.3) is 11.0 Å². The van der Waals surface area contributed by atoms with Gasteiger partial charge in [-0.1, -0.05) is 13.0 Å². The second kappa shape index (κ2) is 9.69. The van der Waals surface area contributed by atoms with Gasteiger partial charge in [-0.25, -0.2) is 4.98 Å². The summed E-state index contributed by atoms with van der Waals surface area (Å²) in [6, 6.07) is 11.1. The summed E-state index contributed by atoms with van der Waals surface area (Å²) in [5.41, 5.74) is 1.18. The number of aromatic amines is 1. The minimum atomic E-state index is -4.59. The van der Waals surface area contributed by atoms with E-state index in [-0.39, 0.29) is 30.0 Å². The maximum absolute atomic E-state index is 12.8. The zero-order valence-electron chi connectivity index (χ0n) is 17.4. The van der Waals surface area contributed by atoms with Crippen LogP contribution in [0.2, 0.25) is 0 Å². The third-order valence-electron chi connectivity index (χ3n) is 4.57. The number of carbonyl (C=O) groups is 2. The van der Waals surface area contributed by atoms with Gasteiger partial charge in [0.1, 0.15) is 5.75 Å². The van der Waals surface area contributed by atoms with E-state index in [1.54, 1.807) is 36.1 Å². The molecule has 0 radical (unpaired) electrons. The zero-order valence-corrected chi connectivity index (χ0v) is 17.4. The molecule has 3 N–H and O–H groups in total. The number of amides is 2. The number of benzene rings is 2. The van der Waals surface area contributed by atoms with Gasteiger partial charge < -0.3 is 20.4 Å². The van der Waals surface area contributed by atoms with Gasteiger partial charge in [-0.05, 0) is 36.9 Å². The molecule has 0 spiro atoms. The fourth-order valence-corrected chi connectivity index (χ4v) is 3.01. The van der Waals surface area contributed by atoms with Crippen LogP contribution in [0.4, 0.5) is 24.5 Å². The van der Waals surface area contributed by atoms with Crippen molar-refractivity contribution in [2.75, 3.05) is 37.4 Å². The molecule has 0 unspecified atom stereocenters. The van der Waals surface area contributed by atoms with E-state index in [1.807, 2.05) is 0 Å². The van der Waals surface area contributed by atoms with Crippen LogP contribution in [-0.4, -0.2) is 53.4 Å². The van der Waals surface area contributed by atoms with Crippen molar-refractivity contribution in [3.63, 3.8) is 0 Å². The summed E-state index contributed by atoms with van der Waals surface area (Å²) in [6.07, 6.45) is -4.59. The molecule has 0 atom stereocenters. The first kappa shape index (κ1) is 23.1. The van der Waals surface area contributed by atoms with Crippen LogP contribution in [0, 0.1) is 0 Å². The molecule has 0 saturated heterocycles. The molecule has 2 amide bonds. The summed E-state index contributed by atoms with van der Waals surface area (Å²) in [4.78, 5) is 32.0. The van der Waals surface area contributed by atoms with Crippen molar-refractivity contribution < 1.29 is 27.5 Å². The minimum absolute atomic E-state index is 0.0182. The Morgan fingerprint density at radius 2 is 1.72 bits per heavy atom. The second-order valence-electron chi connectivity index (χ2n) is 6.95. The van der Waals surface area contributed by atoms with Crippen LogP contribution in [0.5, 0.6) is 5.75 Å². The highest BCUT2D eigenvalue weighted by molar-refractivity contribution is 5.96. The van der Waals surface area contributed by atoms with Crippen molar-refractivity contribution in [1.82, 2.24) is 14.9 Å². The molecule has 0 fully saturated rings. The summed E-state index contributed by atoms with van der Waals surface area (Å²) in [5, 5.41) is 5.37. The lowest BCUT2D eigenvalue weighted by molar-refractivity contribution is -0.144. The molecule has 3 aromatic rings. The molecule has 0 bridgehead atoms. The van der Waals surface area contributed by atoms with Crippen molar-refractivity contribution >= 4 is 34.2 Å². The maximum Gasteiger partial charge on any atom is 0.449 e. The van der Waals surface area contributed by atoms with Gasteiger partial charge >= 0.3 is 6.18 Å². The van der Waals surface area contributed by atoms with E-state index >= 15 is 0 Å². The number of nitrogens with one attached hydrogen (secondary N) is 3. The third-order valence-corrected chi connectivity index (χ3v) is 4.57. The van der Waals surface area contributed by atoms with Crippen LogP contribution in [0.15, 0.2) is 42.5 Å². The molecule has 1 aromatic heterocycles. The molecule has 3 rings (SSSR count). The Bertz CT molecular complexity index is 1110. The van der Waals surface area contributed by atoms with Crippen molar-refractivity contribution in [2.24, 2.45) is 0 Å². The monoisotopic (exact) mass is 449 g/mol. The molecule has 170 valence electrons. The molecule has 0 aliphatic heterocycles. The third kappa shape index (κ3) is 5.97.